The minimum atomic E-state index is -0.713. The lowest BCUT2D eigenvalue weighted by Gasteiger charge is -2.07. The van der Waals surface area contributed by atoms with Crippen molar-refractivity contribution in [3.05, 3.63) is 86.7 Å². The molecule has 0 aliphatic carbocycles. The Labute approximate surface area is 153 Å². The number of anilines is 1. The Hall–Kier alpha value is -2.56. The lowest BCUT2D eigenvalue weighted by Crippen LogP contribution is -2.20. The standard InChI is InChI=1S/C19H13Cl2NO3/c1-2-4-11-5-3-6-12-7-16(19(24)25-17(11)12)18(23)22-15-9-13(20)8-14(21)10-15/h2-3,5-10H,1,4H2,(H,22,23). The third-order valence-corrected chi connectivity index (χ3v) is 4.01. The number of halogens is 2. The summed E-state index contributed by atoms with van der Waals surface area (Å²) in [5.41, 5.74) is 0.865. The minimum Gasteiger partial charge on any atom is -0.422 e. The molecule has 0 bridgehead atoms. The van der Waals surface area contributed by atoms with Crippen LogP contribution in [0.1, 0.15) is 15.9 Å². The van der Waals surface area contributed by atoms with E-state index in [0.717, 1.165) is 5.56 Å². The first-order valence-corrected chi connectivity index (χ1v) is 8.17. The summed E-state index contributed by atoms with van der Waals surface area (Å²) < 4.78 is 5.37. The van der Waals surface area contributed by atoms with Gasteiger partial charge in [0.2, 0.25) is 0 Å². The van der Waals surface area contributed by atoms with Crippen molar-refractivity contribution < 1.29 is 9.21 Å². The summed E-state index contributed by atoms with van der Waals surface area (Å²) in [6, 6.07) is 11.6. The number of allylic oxidation sites excluding steroid dienone is 1. The topological polar surface area (TPSA) is 59.3 Å². The van der Waals surface area contributed by atoms with Gasteiger partial charge < -0.3 is 9.73 Å². The van der Waals surface area contributed by atoms with E-state index in [-0.39, 0.29) is 5.56 Å². The number of carbonyl (C=O) groups is 1. The van der Waals surface area contributed by atoms with Crippen LogP contribution in [0.4, 0.5) is 5.69 Å². The van der Waals surface area contributed by atoms with Crippen molar-refractivity contribution in [2.75, 3.05) is 5.32 Å². The summed E-state index contributed by atoms with van der Waals surface area (Å²) in [4.78, 5) is 24.7. The second-order valence-corrected chi connectivity index (χ2v) is 6.26. The summed E-state index contributed by atoms with van der Waals surface area (Å²) in [6.07, 6.45) is 2.28. The second kappa shape index (κ2) is 7.13. The highest BCUT2D eigenvalue weighted by Gasteiger charge is 2.15. The maximum atomic E-state index is 12.4. The van der Waals surface area contributed by atoms with Gasteiger partial charge >= 0.3 is 5.63 Å². The molecule has 3 aromatic rings. The maximum Gasteiger partial charge on any atom is 0.349 e. The molecule has 0 unspecified atom stereocenters. The molecular formula is C19H13Cl2NO3. The van der Waals surface area contributed by atoms with Crippen LogP contribution in [0.2, 0.25) is 10.0 Å². The zero-order valence-corrected chi connectivity index (χ0v) is 14.5. The molecule has 2 aromatic carbocycles. The van der Waals surface area contributed by atoms with E-state index in [1.807, 2.05) is 12.1 Å². The van der Waals surface area contributed by atoms with Crippen molar-refractivity contribution in [1.82, 2.24) is 0 Å². The molecule has 1 N–H and O–H groups in total. The Morgan fingerprint density at radius 2 is 1.88 bits per heavy atom. The molecule has 126 valence electrons. The maximum absolute atomic E-state index is 12.4. The molecule has 0 saturated carbocycles. The normalized spacial score (nSPS) is 10.6. The van der Waals surface area contributed by atoms with E-state index in [9.17, 15) is 9.59 Å². The first-order chi connectivity index (χ1) is 12.0. The molecule has 4 nitrogen and oxygen atoms in total. The van der Waals surface area contributed by atoms with Crippen LogP contribution >= 0.6 is 23.2 Å². The smallest absolute Gasteiger partial charge is 0.349 e. The number of carbonyl (C=O) groups excluding carboxylic acids is 1. The van der Waals surface area contributed by atoms with Gasteiger partial charge in [0.15, 0.2) is 0 Å². The third kappa shape index (κ3) is 3.76. The molecule has 0 spiro atoms. The molecule has 0 fully saturated rings. The van der Waals surface area contributed by atoms with E-state index in [0.29, 0.717) is 33.1 Å². The van der Waals surface area contributed by atoms with Crippen LogP contribution in [0, 0.1) is 0 Å². The van der Waals surface area contributed by atoms with Crippen molar-refractivity contribution in [2.24, 2.45) is 0 Å². The van der Waals surface area contributed by atoms with Gasteiger partial charge in [-0.3, -0.25) is 4.79 Å². The van der Waals surface area contributed by atoms with Crippen molar-refractivity contribution in [3.8, 4) is 0 Å². The SMILES string of the molecule is C=CCc1cccc2cc(C(=O)Nc3cc(Cl)cc(Cl)c3)c(=O)oc12. The van der Waals surface area contributed by atoms with Gasteiger partial charge in [-0.1, -0.05) is 47.5 Å². The van der Waals surface area contributed by atoms with Gasteiger partial charge in [0.05, 0.1) is 0 Å². The molecule has 0 aliphatic rings. The summed E-state index contributed by atoms with van der Waals surface area (Å²) in [7, 11) is 0. The number of rotatable bonds is 4. The fourth-order valence-corrected chi connectivity index (χ4v) is 3.03. The number of para-hydroxylation sites is 1. The summed E-state index contributed by atoms with van der Waals surface area (Å²) in [6.45, 7) is 3.69. The Bertz CT molecular complexity index is 1020. The highest BCUT2D eigenvalue weighted by molar-refractivity contribution is 6.35. The van der Waals surface area contributed by atoms with Gasteiger partial charge in [0.1, 0.15) is 11.1 Å². The molecule has 1 heterocycles. The molecule has 1 aromatic heterocycles. The molecular weight excluding hydrogens is 361 g/mol. The molecule has 0 atom stereocenters. The Morgan fingerprint density at radius 3 is 2.56 bits per heavy atom. The van der Waals surface area contributed by atoms with Crippen LogP contribution in [0.3, 0.4) is 0 Å². The average molecular weight is 374 g/mol. The fraction of sp³-hybridized carbons (Fsp3) is 0.0526. The predicted octanol–water partition coefficient (Wildman–Crippen LogP) is 5.08. The minimum absolute atomic E-state index is 0.0978. The van der Waals surface area contributed by atoms with E-state index in [2.05, 4.69) is 11.9 Å². The number of benzene rings is 2. The average Bonchev–Trinajstić information content (AvgIpc) is 2.54. The van der Waals surface area contributed by atoms with Crippen LogP contribution in [-0.2, 0) is 6.42 Å². The molecule has 1 amide bonds. The molecule has 3 rings (SSSR count). The van der Waals surface area contributed by atoms with Gasteiger partial charge in [-0.2, -0.15) is 0 Å². The van der Waals surface area contributed by atoms with Crippen LogP contribution in [0.15, 0.2) is 64.3 Å². The van der Waals surface area contributed by atoms with E-state index in [1.165, 1.54) is 18.2 Å². The highest BCUT2D eigenvalue weighted by Crippen LogP contribution is 2.23. The number of nitrogens with one attached hydrogen (secondary N) is 1. The van der Waals surface area contributed by atoms with E-state index in [1.54, 1.807) is 18.2 Å². The zero-order valence-electron chi connectivity index (χ0n) is 13.0. The molecule has 25 heavy (non-hydrogen) atoms. The van der Waals surface area contributed by atoms with Gasteiger partial charge in [0, 0.05) is 21.1 Å². The number of hydrogen-bond donors (Lipinski definition) is 1. The van der Waals surface area contributed by atoms with E-state index in [4.69, 9.17) is 27.6 Å². The van der Waals surface area contributed by atoms with Crippen molar-refractivity contribution in [3.63, 3.8) is 0 Å². The van der Waals surface area contributed by atoms with Crippen LogP contribution in [0.5, 0.6) is 0 Å². The summed E-state index contributed by atoms with van der Waals surface area (Å²) in [5.74, 6) is -0.594. The van der Waals surface area contributed by atoms with Gasteiger partial charge in [-0.15, -0.1) is 6.58 Å². The predicted molar refractivity (Wildman–Crippen MR) is 101 cm³/mol. The molecule has 6 heteroatoms. The Balaban J connectivity index is 2.00. The van der Waals surface area contributed by atoms with Gasteiger partial charge in [-0.05, 0) is 36.2 Å². The van der Waals surface area contributed by atoms with Crippen LogP contribution < -0.4 is 10.9 Å². The first-order valence-electron chi connectivity index (χ1n) is 7.42. The first kappa shape index (κ1) is 17.3. The van der Waals surface area contributed by atoms with E-state index >= 15 is 0 Å². The lowest BCUT2D eigenvalue weighted by molar-refractivity contribution is 0.102. The van der Waals surface area contributed by atoms with E-state index < -0.39 is 11.5 Å². The van der Waals surface area contributed by atoms with Crippen LogP contribution in [-0.4, -0.2) is 5.91 Å². The van der Waals surface area contributed by atoms with Crippen molar-refractivity contribution >= 4 is 45.8 Å². The second-order valence-electron chi connectivity index (χ2n) is 5.39. The van der Waals surface area contributed by atoms with Crippen molar-refractivity contribution in [1.29, 1.82) is 0 Å². The fourth-order valence-electron chi connectivity index (χ4n) is 2.50. The Morgan fingerprint density at radius 1 is 1.16 bits per heavy atom. The van der Waals surface area contributed by atoms with Crippen LogP contribution in [0.25, 0.3) is 11.0 Å². The summed E-state index contributed by atoms with van der Waals surface area (Å²) in [5, 5.41) is 4.02. The zero-order chi connectivity index (χ0) is 18.0. The molecule has 0 aliphatic heterocycles. The molecule has 0 saturated heterocycles. The van der Waals surface area contributed by atoms with Gasteiger partial charge in [0.25, 0.3) is 5.91 Å². The quantitative estimate of drug-likeness (QED) is 0.512. The monoisotopic (exact) mass is 373 g/mol. The third-order valence-electron chi connectivity index (χ3n) is 3.57. The molecule has 0 radical (unpaired) electrons. The van der Waals surface area contributed by atoms with Crippen molar-refractivity contribution in [2.45, 2.75) is 6.42 Å². The highest BCUT2D eigenvalue weighted by atomic mass is 35.5. The number of amides is 1. The number of fused-ring (bicyclic) bond motifs is 1. The summed E-state index contributed by atoms with van der Waals surface area (Å²) >= 11 is 11.8. The largest absolute Gasteiger partial charge is 0.422 e. The lowest BCUT2D eigenvalue weighted by atomic mass is 10.1. The number of hydrogen-bond acceptors (Lipinski definition) is 3. The van der Waals surface area contributed by atoms with Gasteiger partial charge in [-0.25, -0.2) is 4.79 Å². The Kier molecular flexibility index (Phi) is 4.93.